The van der Waals surface area contributed by atoms with Crippen LogP contribution in [0, 0.1) is 0 Å². The minimum atomic E-state index is -1.19. The fourth-order valence-electron chi connectivity index (χ4n) is 2.29. The lowest BCUT2D eigenvalue weighted by molar-refractivity contribution is -0.139. The van der Waals surface area contributed by atoms with Crippen molar-refractivity contribution < 1.29 is 9.59 Å². The molecule has 2 amide bonds. The van der Waals surface area contributed by atoms with E-state index in [4.69, 9.17) is 5.84 Å². The summed E-state index contributed by atoms with van der Waals surface area (Å²) in [6.07, 6.45) is 1.24. The quantitative estimate of drug-likeness (QED) is 0.287. The Balaban J connectivity index is 2.50. The van der Waals surface area contributed by atoms with Gasteiger partial charge in [-0.3, -0.25) is 15.0 Å². The zero-order valence-corrected chi connectivity index (χ0v) is 9.40. The van der Waals surface area contributed by atoms with E-state index in [1.165, 1.54) is 0 Å². The third-order valence-electron chi connectivity index (χ3n) is 3.19. The van der Waals surface area contributed by atoms with Gasteiger partial charge < -0.3 is 5.32 Å². The average molecular weight is 233 g/mol. The number of nitrogens with one attached hydrogen (secondary N) is 2. The molecule has 2 rings (SSSR count). The van der Waals surface area contributed by atoms with E-state index in [-0.39, 0.29) is 5.91 Å². The summed E-state index contributed by atoms with van der Waals surface area (Å²) in [4.78, 5) is 24.1. The van der Waals surface area contributed by atoms with E-state index < -0.39 is 11.3 Å². The third-order valence-corrected chi connectivity index (χ3v) is 3.19. The molecule has 0 aromatic heterocycles. The van der Waals surface area contributed by atoms with Crippen LogP contribution in [-0.2, 0) is 15.0 Å². The number of hydrogen-bond acceptors (Lipinski definition) is 3. The second-order valence-electron chi connectivity index (χ2n) is 4.10. The maximum Gasteiger partial charge on any atom is 0.254 e. The van der Waals surface area contributed by atoms with Gasteiger partial charge >= 0.3 is 0 Å². The molecule has 1 aliphatic heterocycles. The zero-order chi connectivity index (χ0) is 12.3. The number of benzene rings is 1. The Morgan fingerprint density at radius 3 is 2.65 bits per heavy atom. The maximum atomic E-state index is 12.1. The van der Waals surface area contributed by atoms with E-state index in [0.29, 0.717) is 18.5 Å². The third kappa shape index (κ3) is 1.78. The fourth-order valence-corrected chi connectivity index (χ4v) is 2.29. The molecule has 17 heavy (non-hydrogen) atoms. The number of carbonyl (C=O) groups is 2. The zero-order valence-electron chi connectivity index (χ0n) is 9.40. The first-order valence-corrected chi connectivity index (χ1v) is 5.56. The number of hydrogen-bond donors (Lipinski definition) is 3. The van der Waals surface area contributed by atoms with E-state index in [9.17, 15) is 9.59 Å². The molecule has 1 saturated heterocycles. The topological polar surface area (TPSA) is 84.2 Å². The SMILES string of the molecule is NNC(=O)[C@@]1(c2ccccc2)CCCNC1=O. The first kappa shape index (κ1) is 11.6. The standard InChI is InChI=1S/C12H15N3O2/c13-15-11(17)12(7-4-8-14-10(12)16)9-5-2-1-3-6-9/h1-3,5-6H,4,7-8,13H2,(H,14,16)(H,15,17)/t12-/m1/s1. The maximum absolute atomic E-state index is 12.1. The van der Waals surface area contributed by atoms with Gasteiger partial charge in [0.1, 0.15) is 0 Å². The highest BCUT2D eigenvalue weighted by atomic mass is 16.2. The summed E-state index contributed by atoms with van der Waals surface area (Å²) in [5.74, 6) is 4.47. The number of amides is 2. The van der Waals surface area contributed by atoms with Crippen LogP contribution in [0.4, 0.5) is 0 Å². The Kier molecular flexibility index (Phi) is 3.10. The molecule has 0 bridgehead atoms. The highest BCUT2D eigenvalue weighted by Gasteiger charge is 2.48. The van der Waals surface area contributed by atoms with Gasteiger partial charge in [0.05, 0.1) is 0 Å². The number of piperidine rings is 1. The van der Waals surface area contributed by atoms with Crippen LogP contribution < -0.4 is 16.6 Å². The molecular formula is C12H15N3O2. The minimum Gasteiger partial charge on any atom is -0.355 e. The second-order valence-corrected chi connectivity index (χ2v) is 4.10. The van der Waals surface area contributed by atoms with Crippen molar-refractivity contribution in [1.29, 1.82) is 0 Å². The second kappa shape index (κ2) is 4.55. The lowest BCUT2D eigenvalue weighted by Crippen LogP contribution is -2.58. The molecule has 90 valence electrons. The van der Waals surface area contributed by atoms with Gasteiger partial charge in [-0.1, -0.05) is 30.3 Å². The number of nitrogens with two attached hydrogens (primary N) is 1. The van der Waals surface area contributed by atoms with Gasteiger partial charge in [-0.25, -0.2) is 5.84 Å². The van der Waals surface area contributed by atoms with Gasteiger partial charge in [0.25, 0.3) is 5.91 Å². The van der Waals surface area contributed by atoms with E-state index in [1.807, 2.05) is 18.2 Å². The van der Waals surface area contributed by atoms with Crippen molar-refractivity contribution in [3.63, 3.8) is 0 Å². The molecule has 0 unspecified atom stereocenters. The summed E-state index contributed by atoms with van der Waals surface area (Å²) < 4.78 is 0. The molecule has 1 atom stereocenters. The Hall–Kier alpha value is -1.88. The summed E-state index contributed by atoms with van der Waals surface area (Å²) in [6.45, 7) is 0.602. The number of carbonyl (C=O) groups excluding carboxylic acids is 2. The molecule has 0 spiro atoms. The highest BCUT2D eigenvalue weighted by molar-refractivity contribution is 6.11. The van der Waals surface area contributed by atoms with Crippen molar-refractivity contribution in [3.8, 4) is 0 Å². The van der Waals surface area contributed by atoms with Crippen molar-refractivity contribution in [3.05, 3.63) is 35.9 Å². The smallest absolute Gasteiger partial charge is 0.254 e. The van der Waals surface area contributed by atoms with Gasteiger partial charge in [0.2, 0.25) is 5.91 Å². The van der Waals surface area contributed by atoms with E-state index in [2.05, 4.69) is 10.7 Å². The molecule has 1 fully saturated rings. The van der Waals surface area contributed by atoms with Crippen molar-refractivity contribution in [2.45, 2.75) is 18.3 Å². The Bertz CT molecular complexity index is 423. The fraction of sp³-hybridized carbons (Fsp3) is 0.333. The Morgan fingerprint density at radius 1 is 1.35 bits per heavy atom. The summed E-state index contributed by atoms with van der Waals surface area (Å²) in [6, 6.07) is 9.02. The van der Waals surface area contributed by atoms with E-state index >= 15 is 0 Å². The summed E-state index contributed by atoms with van der Waals surface area (Å²) in [5.41, 5.74) is 1.60. The molecule has 1 aliphatic rings. The van der Waals surface area contributed by atoms with Crippen LogP contribution in [-0.4, -0.2) is 18.4 Å². The lowest BCUT2D eigenvalue weighted by Gasteiger charge is -2.34. The van der Waals surface area contributed by atoms with Gasteiger partial charge in [0.15, 0.2) is 5.41 Å². The molecule has 1 aromatic carbocycles. The average Bonchev–Trinajstić information content (AvgIpc) is 2.39. The normalized spacial score (nSPS) is 23.9. The Labute approximate surface area is 99.3 Å². The van der Waals surface area contributed by atoms with Crippen molar-refractivity contribution in [2.24, 2.45) is 5.84 Å². The molecule has 5 nitrogen and oxygen atoms in total. The van der Waals surface area contributed by atoms with Crippen molar-refractivity contribution in [1.82, 2.24) is 10.7 Å². The van der Waals surface area contributed by atoms with Crippen LogP contribution in [0.15, 0.2) is 30.3 Å². The molecule has 5 heteroatoms. The van der Waals surface area contributed by atoms with Gasteiger partial charge in [-0.05, 0) is 18.4 Å². The van der Waals surface area contributed by atoms with Crippen LogP contribution >= 0.6 is 0 Å². The van der Waals surface area contributed by atoms with Crippen LogP contribution in [0.25, 0.3) is 0 Å². The predicted molar refractivity (Wildman–Crippen MR) is 62.7 cm³/mol. The molecule has 4 N–H and O–H groups in total. The molecule has 0 aliphatic carbocycles. The van der Waals surface area contributed by atoms with Crippen LogP contribution in [0.2, 0.25) is 0 Å². The van der Waals surface area contributed by atoms with Gasteiger partial charge in [-0.2, -0.15) is 0 Å². The highest BCUT2D eigenvalue weighted by Crippen LogP contribution is 2.32. The Morgan fingerprint density at radius 2 is 2.06 bits per heavy atom. The van der Waals surface area contributed by atoms with E-state index in [1.54, 1.807) is 12.1 Å². The summed E-state index contributed by atoms with van der Waals surface area (Å²) in [5, 5.41) is 2.73. The largest absolute Gasteiger partial charge is 0.355 e. The molecule has 0 saturated carbocycles. The first-order chi connectivity index (χ1) is 8.21. The predicted octanol–water partition coefficient (Wildman–Crippen LogP) is -0.176. The summed E-state index contributed by atoms with van der Waals surface area (Å²) >= 11 is 0. The number of hydrazine groups is 1. The minimum absolute atomic E-state index is 0.280. The van der Waals surface area contributed by atoms with Gasteiger partial charge in [0, 0.05) is 6.54 Å². The van der Waals surface area contributed by atoms with Crippen LogP contribution in [0.3, 0.4) is 0 Å². The molecule has 1 heterocycles. The lowest BCUT2D eigenvalue weighted by atomic mass is 9.73. The van der Waals surface area contributed by atoms with Crippen LogP contribution in [0.1, 0.15) is 18.4 Å². The van der Waals surface area contributed by atoms with Gasteiger partial charge in [-0.15, -0.1) is 0 Å². The molecular weight excluding hydrogens is 218 g/mol. The number of rotatable bonds is 2. The van der Waals surface area contributed by atoms with Crippen molar-refractivity contribution in [2.75, 3.05) is 6.54 Å². The summed E-state index contributed by atoms with van der Waals surface area (Å²) in [7, 11) is 0. The first-order valence-electron chi connectivity index (χ1n) is 5.56. The van der Waals surface area contributed by atoms with E-state index in [0.717, 1.165) is 6.42 Å². The van der Waals surface area contributed by atoms with Crippen LogP contribution in [0.5, 0.6) is 0 Å². The van der Waals surface area contributed by atoms with Crippen molar-refractivity contribution >= 4 is 11.8 Å². The molecule has 1 aromatic rings. The molecule has 0 radical (unpaired) electrons. The monoisotopic (exact) mass is 233 g/mol.